The average Bonchev–Trinajstić information content (AvgIpc) is 2.92. The Morgan fingerprint density at radius 3 is 2.39 bits per heavy atom. The maximum Gasteiger partial charge on any atom is 0.137 e. The van der Waals surface area contributed by atoms with Crippen molar-refractivity contribution in [2.45, 2.75) is 46.1 Å². The summed E-state index contributed by atoms with van der Waals surface area (Å²) in [6.07, 6.45) is 2.19. The molecule has 23 heavy (non-hydrogen) atoms. The third-order valence-corrected chi connectivity index (χ3v) is 4.36. The quantitative estimate of drug-likeness (QED) is 0.746. The lowest BCUT2D eigenvalue weighted by molar-refractivity contribution is 0.168. The highest BCUT2D eigenvalue weighted by Gasteiger charge is 2.19. The smallest absolute Gasteiger partial charge is 0.137 e. The number of pyridine rings is 1. The number of imidazole rings is 1. The number of nitrogens with zero attached hydrogens (tertiary/aromatic N) is 2. The normalized spacial score (nSPS) is 13.0. The molecule has 0 saturated heterocycles. The highest BCUT2D eigenvalue weighted by atomic mass is 16.3. The van der Waals surface area contributed by atoms with Crippen LogP contribution in [0.15, 0.2) is 42.6 Å². The Morgan fingerprint density at radius 1 is 1.09 bits per heavy atom. The van der Waals surface area contributed by atoms with Crippen molar-refractivity contribution >= 4 is 5.65 Å². The minimum absolute atomic E-state index is 0.508. The van der Waals surface area contributed by atoms with Gasteiger partial charge in [0.25, 0.3) is 0 Å². The predicted octanol–water partition coefficient (Wildman–Crippen LogP) is 4.88. The molecule has 0 bridgehead atoms. The van der Waals surface area contributed by atoms with Gasteiger partial charge in [-0.1, -0.05) is 51.1 Å². The lowest BCUT2D eigenvalue weighted by Crippen LogP contribution is -2.02. The van der Waals surface area contributed by atoms with E-state index >= 15 is 0 Å². The molecule has 0 aliphatic carbocycles. The molecule has 2 aromatic heterocycles. The summed E-state index contributed by atoms with van der Waals surface area (Å²) in [5.74, 6) is 0.508. The molecule has 2 heterocycles. The predicted molar refractivity (Wildman–Crippen MR) is 94.7 cm³/mol. The molecule has 0 spiro atoms. The fourth-order valence-corrected chi connectivity index (χ4v) is 2.92. The lowest BCUT2D eigenvalue weighted by Gasteiger charge is -2.12. The van der Waals surface area contributed by atoms with E-state index in [9.17, 15) is 5.11 Å². The van der Waals surface area contributed by atoms with Crippen molar-refractivity contribution in [3.63, 3.8) is 0 Å². The van der Waals surface area contributed by atoms with E-state index in [1.54, 1.807) is 0 Å². The molecule has 0 aliphatic heterocycles. The third kappa shape index (κ3) is 2.89. The fraction of sp³-hybridized carbons (Fsp3) is 0.350. The van der Waals surface area contributed by atoms with Gasteiger partial charge in [-0.3, -0.25) is 0 Å². The second kappa shape index (κ2) is 6.17. The van der Waals surface area contributed by atoms with Crippen LogP contribution >= 0.6 is 0 Å². The van der Waals surface area contributed by atoms with Crippen molar-refractivity contribution in [2.24, 2.45) is 0 Å². The molecule has 0 fully saturated rings. The molecule has 0 aliphatic rings. The molecule has 1 atom stereocenters. The van der Waals surface area contributed by atoms with Gasteiger partial charge in [-0.05, 0) is 36.5 Å². The zero-order valence-electron chi connectivity index (χ0n) is 14.2. The number of aryl methyl sites for hydroxylation is 1. The summed E-state index contributed by atoms with van der Waals surface area (Å²) >= 11 is 0. The Hall–Kier alpha value is -2.13. The maximum absolute atomic E-state index is 10.5. The summed E-state index contributed by atoms with van der Waals surface area (Å²) < 4.78 is 2.02. The summed E-state index contributed by atoms with van der Waals surface area (Å²) in [6, 6.07) is 12.6. The van der Waals surface area contributed by atoms with E-state index in [1.165, 1.54) is 5.56 Å². The van der Waals surface area contributed by atoms with Gasteiger partial charge in [-0.25, -0.2) is 4.98 Å². The molecular weight excluding hydrogens is 284 g/mol. The standard InChI is InChI=1S/C20H24N2O/c1-5-17(23)20-19(16-9-7-15(8-10-16)13(2)3)21-18-11-6-14(4)12-22(18)20/h6-13,17,23H,5H2,1-4H3. The van der Waals surface area contributed by atoms with Crippen LogP contribution in [-0.4, -0.2) is 14.5 Å². The van der Waals surface area contributed by atoms with Crippen LogP contribution in [0.1, 0.15) is 56.0 Å². The Kier molecular flexibility index (Phi) is 4.22. The second-order valence-corrected chi connectivity index (χ2v) is 6.48. The van der Waals surface area contributed by atoms with Crippen molar-refractivity contribution in [3.8, 4) is 11.3 Å². The van der Waals surface area contributed by atoms with E-state index in [4.69, 9.17) is 4.98 Å². The molecule has 0 amide bonds. The first kappa shape index (κ1) is 15.8. The van der Waals surface area contributed by atoms with E-state index in [2.05, 4.69) is 51.1 Å². The van der Waals surface area contributed by atoms with Crippen LogP contribution in [0.4, 0.5) is 0 Å². The minimum Gasteiger partial charge on any atom is -0.387 e. The lowest BCUT2D eigenvalue weighted by atomic mass is 9.99. The zero-order valence-corrected chi connectivity index (χ0v) is 14.2. The molecular formula is C20H24N2O. The first-order chi connectivity index (χ1) is 11.0. The van der Waals surface area contributed by atoms with Crippen molar-refractivity contribution in [1.82, 2.24) is 9.38 Å². The van der Waals surface area contributed by atoms with Gasteiger partial charge < -0.3 is 9.51 Å². The van der Waals surface area contributed by atoms with Gasteiger partial charge in [-0.2, -0.15) is 0 Å². The van der Waals surface area contributed by atoms with Gasteiger partial charge in [0.2, 0.25) is 0 Å². The number of rotatable bonds is 4. The van der Waals surface area contributed by atoms with Crippen molar-refractivity contribution in [2.75, 3.05) is 0 Å². The third-order valence-electron chi connectivity index (χ3n) is 4.36. The van der Waals surface area contributed by atoms with Crippen LogP contribution in [0.3, 0.4) is 0 Å². The van der Waals surface area contributed by atoms with E-state index in [0.29, 0.717) is 12.3 Å². The van der Waals surface area contributed by atoms with Crippen LogP contribution < -0.4 is 0 Å². The highest BCUT2D eigenvalue weighted by Crippen LogP contribution is 2.31. The molecule has 3 nitrogen and oxygen atoms in total. The molecule has 1 unspecified atom stereocenters. The van der Waals surface area contributed by atoms with Crippen molar-refractivity contribution in [1.29, 1.82) is 0 Å². The number of hydrogen-bond acceptors (Lipinski definition) is 2. The van der Waals surface area contributed by atoms with Gasteiger partial charge in [0.1, 0.15) is 5.65 Å². The van der Waals surface area contributed by atoms with Gasteiger partial charge in [0.15, 0.2) is 0 Å². The van der Waals surface area contributed by atoms with Crippen LogP contribution in [0.25, 0.3) is 16.9 Å². The summed E-state index contributed by atoms with van der Waals surface area (Å²) in [5, 5.41) is 10.5. The van der Waals surface area contributed by atoms with Gasteiger partial charge in [-0.15, -0.1) is 0 Å². The van der Waals surface area contributed by atoms with Crippen molar-refractivity contribution < 1.29 is 5.11 Å². The average molecular weight is 308 g/mol. The molecule has 3 rings (SSSR count). The fourth-order valence-electron chi connectivity index (χ4n) is 2.92. The summed E-state index contributed by atoms with van der Waals surface area (Å²) in [6.45, 7) is 8.42. The highest BCUT2D eigenvalue weighted by molar-refractivity contribution is 5.67. The van der Waals surface area contributed by atoms with Crippen molar-refractivity contribution in [3.05, 3.63) is 59.4 Å². The summed E-state index contributed by atoms with van der Waals surface area (Å²) in [4.78, 5) is 4.77. The van der Waals surface area contributed by atoms with E-state index in [0.717, 1.165) is 28.2 Å². The molecule has 1 N–H and O–H groups in total. The van der Waals surface area contributed by atoms with Gasteiger partial charge in [0.05, 0.1) is 17.5 Å². The van der Waals surface area contributed by atoms with Crippen LogP contribution in [-0.2, 0) is 0 Å². The number of aliphatic hydroxyl groups excluding tert-OH is 1. The summed E-state index contributed by atoms with van der Waals surface area (Å²) in [7, 11) is 0. The van der Waals surface area contributed by atoms with Crippen LogP contribution in [0.5, 0.6) is 0 Å². The first-order valence-electron chi connectivity index (χ1n) is 8.28. The topological polar surface area (TPSA) is 37.5 Å². The number of aromatic nitrogens is 2. The molecule has 3 heteroatoms. The largest absolute Gasteiger partial charge is 0.387 e. The van der Waals surface area contributed by atoms with Crippen LogP contribution in [0.2, 0.25) is 0 Å². The Labute approximate surface area is 137 Å². The Bertz CT molecular complexity index is 816. The van der Waals surface area contributed by atoms with E-state index in [1.807, 2.05) is 23.6 Å². The maximum atomic E-state index is 10.5. The number of fused-ring (bicyclic) bond motifs is 1. The van der Waals surface area contributed by atoms with Crippen LogP contribution in [0, 0.1) is 6.92 Å². The SMILES string of the molecule is CCC(O)c1c(-c2ccc(C(C)C)cc2)nc2ccc(C)cn12. The zero-order chi connectivity index (χ0) is 16.6. The first-order valence-corrected chi connectivity index (χ1v) is 8.28. The molecule has 1 aromatic carbocycles. The number of aliphatic hydroxyl groups is 1. The Balaban J connectivity index is 2.19. The molecule has 0 saturated carbocycles. The molecule has 120 valence electrons. The second-order valence-electron chi connectivity index (χ2n) is 6.48. The number of hydrogen-bond donors (Lipinski definition) is 1. The Morgan fingerprint density at radius 2 is 1.78 bits per heavy atom. The summed E-state index contributed by atoms with van der Waals surface area (Å²) in [5.41, 5.74) is 6.15. The monoisotopic (exact) mass is 308 g/mol. The van der Waals surface area contributed by atoms with Gasteiger partial charge >= 0.3 is 0 Å². The molecule has 3 aromatic rings. The minimum atomic E-state index is -0.522. The van der Waals surface area contributed by atoms with E-state index < -0.39 is 6.10 Å². The van der Waals surface area contributed by atoms with E-state index in [-0.39, 0.29) is 0 Å². The molecule has 0 radical (unpaired) electrons. The number of benzene rings is 1. The van der Waals surface area contributed by atoms with Gasteiger partial charge in [0, 0.05) is 11.8 Å².